The highest BCUT2D eigenvalue weighted by Crippen LogP contribution is 2.37. The number of urea groups is 1. The number of ether oxygens (including phenoxy) is 1. The van der Waals surface area contributed by atoms with Gasteiger partial charge in [0.25, 0.3) is 0 Å². The summed E-state index contributed by atoms with van der Waals surface area (Å²) < 4.78 is 5.41. The highest BCUT2D eigenvalue weighted by Gasteiger charge is 2.28. The predicted molar refractivity (Wildman–Crippen MR) is 112 cm³/mol. The SMILES string of the molecule is O=C(NCc1ccnc(N2CCOCC2)c1)NC(c1cccs1)C1CCCC1. The van der Waals surface area contributed by atoms with E-state index in [1.54, 1.807) is 11.3 Å². The van der Waals surface area contributed by atoms with Crippen LogP contribution in [0.4, 0.5) is 10.6 Å². The summed E-state index contributed by atoms with van der Waals surface area (Å²) in [4.78, 5) is 20.5. The van der Waals surface area contributed by atoms with Gasteiger partial charge in [-0.15, -0.1) is 11.3 Å². The summed E-state index contributed by atoms with van der Waals surface area (Å²) in [6, 6.07) is 8.22. The molecule has 0 aromatic carbocycles. The topological polar surface area (TPSA) is 66.5 Å². The molecule has 6 nitrogen and oxygen atoms in total. The number of thiophene rings is 1. The minimum absolute atomic E-state index is 0.102. The van der Waals surface area contributed by atoms with Crippen molar-refractivity contribution in [3.8, 4) is 0 Å². The van der Waals surface area contributed by atoms with Crippen LogP contribution < -0.4 is 15.5 Å². The first-order valence-electron chi connectivity index (χ1n) is 10.1. The average molecular weight is 401 g/mol. The summed E-state index contributed by atoms with van der Waals surface area (Å²) in [7, 11) is 0. The van der Waals surface area contributed by atoms with Gasteiger partial charge in [-0.3, -0.25) is 0 Å². The summed E-state index contributed by atoms with van der Waals surface area (Å²) in [6.07, 6.45) is 6.72. The first-order chi connectivity index (χ1) is 13.8. The minimum atomic E-state index is -0.102. The zero-order valence-electron chi connectivity index (χ0n) is 16.1. The Balaban J connectivity index is 1.34. The van der Waals surface area contributed by atoms with Crippen molar-refractivity contribution in [1.29, 1.82) is 0 Å². The second-order valence-corrected chi connectivity index (χ2v) is 8.47. The molecular formula is C21H28N4O2S. The van der Waals surface area contributed by atoms with Crippen molar-refractivity contribution in [2.24, 2.45) is 5.92 Å². The Morgan fingerprint density at radius 3 is 2.86 bits per heavy atom. The normalized spacial score (nSPS) is 18.8. The fraction of sp³-hybridized carbons (Fsp3) is 0.524. The van der Waals surface area contributed by atoms with E-state index >= 15 is 0 Å². The molecule has 3 heterocycles. The number of hydrogen-bond donors (Lipinski definition) is 2. The molecule has 1 saturated carbocycles. The van der Waals surface area contributed by atoms with Gasteiger partial charge in [0.1, 0.15) is 5.82 Å². The van der Waals surface area contributed by atoms with Crippen LogP contribution >= 0.6 is 11.3 Å². The van der Waals surface area contributed by atoms with Gasteiger partial charge in [-0.1, -0.05) is 18.9 Å². The van der Waals surface area contributed by atoms with Crippen LogP contribution in [0.5, 0.6) is 0 Å². The number of rotatable bonds is 6. The van der Waals surface area contributed by atoms with Crippen molar-refractivity contribution in [2.75, 3.05) is 31.2 Å². The Hall–Kier alpha value is -2.12. The number of carbonyl (C=O) groups excluding carboxylic acids is 1. The zero-order valence-corrected chi connectivity index (χ0v) is 16.9. The lowest BCUT2D eigenvalue weighted by Crippen LogP contribution is -2.39. The number of pyridine rings is 1. The van der Waals surface area contributed by atoms with Gasteiger partial charge >= 0.3 is 6.03 Å². The van der Waals surface area contributed by atoms with Gasteiger partial charge in [0.15, 0.2) is 0 Å². The molecule has 7 heteroatoms. The van der Waals surface area contributed by atoms with Crippen LogP contribution in [-0.4, -0.2) is 37.3 Å². The number of amides is 2. The van der Waals surface area contributed by atoms with Crippen molar-refractivity contribution >= 4 is 23.2 Å². The van der Waals surface area contributed by atoms with Crippen molar-refractivity contribution < 1.29 is 9.53 Å². The van der Waals surface area contributed by atoms with Gasteiger partial charge < -0.3 is 20.3 Å². The number of nitrogens with zero attached hydrogens (tertiary/aromatic N) is 2. The van der Waals surface area contributed by atoms with Crippen molar-refractivity contribution in [3.05, 3.63) is 46.3 Å². The molecule has 0 bridgehead atoms. The standard InChI is InChI=1S/C21H28N4O2S/c26-21(24-20(17-4-1-2-5-17)18-6-3-13-28-18)23-15-16-7-8-22-19(14-16)25-9-11-27-12-10-25/h3,6-8,13-14,17,20H,1-2,4-5,9-12,15H2,(H2,23,24,26). The summed E-state index contributed by atoms with van der Waals surface area (Å²) in [5, 5.41) is 8.34. The highest BCUT2D eigenvalue weighted by molar-refractivity contribution is 7.10. The predicted octanol–water partition coefficient (Wildman–Crippen LogP) is 3.71. The van der Waals surface area contributed by atoms with E-state index < -0.39 is 0 Å². The van der Waals surface area contributed by atoms with Crippen LogP contribution in [-0.2, 0) is 11.3 Å². The second kappa shape index (κ2) is 9.39. The first-order valence-corrected chi connectivity index (χ1v) is 11.0. The molecule has 1 aliphatic carbocycles. The third-order valence-corrected chi connectivity index (χ3v) is 6.56. The highest BCUT2D eigenvalue weighted by atomic mass is 32.1. The fourth-order valence-corrected chi connectivity index (χ4v) is 4.96. The van der Waals surface area contributed by atoms with Crippen molar-refractivity contribution in [2.45, 2.75) is 38.3 Å². The molecule has 28 heavy (non-hydrogen) atoms. The largest absolute Gasteiger partial charge is 0.378 e. The maximum atomic E-state index is 12.6. The number of hydrogen-bond acceptors (Lipinski definition) is 5. The lowest BCUT2D eigenvalue weighted by Gasteiger charge is -2.28. The van der Waals surface area contributed by atoms with Gasteiger partial charge in [0.05, 0.1) is 19.3 Å². The number of nitrogens with one attached hydrogen (secondary N) is 2. The summed E-state index contributed by atoms with van der Waals surface area (Å²) in [5.74, 6) is 1.49. The zero-order chi connectivity index (χ0) is 19.2. The second-order valence-electron chi connectivity index (χ2n) is 7.49. The van der Waals surface area contributed by atoms with Crippen LogP contribution in [0.1, 0.15) is 42.2 Å². The quantitative estimate of drug-likeness (QED) is 0.776. The number of carbonyl (C=O) groups is 1. The molecule has 150 valence electrons. The van der Waals surface area contributed by atoms with Crippen LogP contribution in [0.15, 0.2) is 35.8 Å². The number of aromatic nitrogens is 1. The molecule has 2 fully saturated rings. The maximum absolute atomic E-state index is 12.6. The van der Waals surface area contributed by atoms with E-state index in [2.05, 4.69) is 44.1 Å². The van der Waals surface area contributed by atoms with Gasteiger partial charge in [0, 0.05) is 30.7 Å². The smallest absolute Gasteiger partial charge is 0.315 e. The molecule has 2 aromatic heterocycles. The van der Waals surface area contributed by atoms with E-state index in [0.29, 0.717) is 12.5 Å². The molecular weight excluding hydrogens is 372 g/mol. The molecule has 2 N–H and O–H groups in total. The van der Waals surface area contributed by atoms with Gasteiger partial charge in [-0.25, -0.2) is 9.78 Å². The monoisotopic (exact) mass is 400 g/mol. The van der Waals surface area contributed by atoms with Crippen LogP contribution in [0.3, 0.4) is 0 Å². The Labute approximate surface area is 170 Å². The molecule has 4 rings (SSSR count). The summed E-state index contributed by atoms with van der Waals surface area (Å²) in [6.45, 7) is 3.67. The van der Waals surface area contributed by atoms with E-state index in [4.69, 9.17) is 4.74 Å². The number of anilines is 1. The van der Waals surface area contributed by atoms with E-state index in [1.807, 2.05) is 12.3 Å². The van der Waals surface area contributed by atoms with Crippen LogP contribution in [0.25, 0.3) is 0 Å². The molecule has 0 spiro atoms. The molecule has 2 amide bonds. The molecule has 1 atom stereocenters. The third kappa shape index (κ3) is 4.83. The van der Waals surface area contributed by atoms with Crippen LogP contribution in [0.2, 0.25) is 0 Å². The van der Waals surface area contributed by atoms with Gasteiger partial charge in [-0.2, -0.15) is 0 Å². The molecule has 1 saturated heterocycles. The lowest BCUT2D eigenvalue weighted by atomic mass is 9.97. The Morgan fingerprint density at radius 2 is 2.11 bits per heavy atom. The first kappa shape index (κ1) is 19.2. The summed E-state index contributed by atoms with van der Waals surface area (Å²) >= 11 is 1.73. The molecule has 1 unspecified atom stereocenters. The molecule has 1 aliphatic heterocycles. The Bertz CT molecular complexity index is 756. The van der Waals surface area contributed by atoms with Gasteiger partial charge in [0.2, 0.25) is 0 Å². The Kier molecular flexibility index (Phi) is 6.44. The molecule has 2 aliphatic rings. The third-order valence-electron chi connectivity index (χ3n) is 5.61. The Morgan fingerprint density at radius 1 is 1.29 bits per heavy atom. The molecule has 0 radical (unpaired) electrons. The lowest BCUT2D eigenvalue weighted by molar-refractivity contribution is 0.122. The van der Waals surface area contributed by atoms with Crippen molar-refractivity contribution in [1.82, 2.24) is 15.6 Å². The van der Waals surface area contributed by atoms with E-state index in [9.17, 15) is 4.79 Å². The van der Waals surface area contributed by atoms with E-state index in [-0.39, 0.29) is 12.1 Å². The van der Waals surface area contributed by atoms with Gasteiger partial charge in [-0.05, 0) is 47.9 Å². The fourth-order valence-electron chi connectivity index (χ4n) is 4.09. The average Bonchev–Trinajstić information content (AvgIpc) is 3.46. The molecule has 2 aromatic rings. The maximum Gasteiger partial charge on any atom is 0.315 e. The summed E-state index contributed by atoms with van der Waals surface area (Å²) in [5.41, 5.74) is 1.06. The minimum Gasteiger partial charge on any atom is -0.378 e. The van der Waals surface area contributed by atoms with Crippen molar-refractivity contribution in [3.63, 3.8) is 0 Å². The van der Waals surface area contributed by atoms with E-state index in [1.165, 1.54) is 30.6 Å². The number of morpholine rings is 1. The van der Waals surface area contributed by atoms with E-state index in [0.717, 1.165) is 37.7 Å². The van der Waals surface area contributed by atoms with Crippen LogP contribution in [0, 0.1) is 5.92 Å².